The standard InChI is InChI=1S/C16H20ClFN2O2/c1-10(21)11-4-6-19(9-11)15-5-7-20(16(15)22)12-2-3-14(18)13(17)8-12/h2-3,8,10-11,15,21H,4-7,9H2,1H3. The normalized spacial score (nSPS) is 27.6. The number of amides is 1. The van der Waals surface area contributed by atoms with Crippen molar-refractivity contribution in [3.63, 3.8) is 0 Å². The fraction of sp³-hybridized carbons (Fsp3) is 0.562. The van der Waals surface area contributed by atoms with Gasteiger partial charge in [0.25, 0.3) is 0 Å². The molecule has 2 aliphatic rings. The predicted molar refractivity (Wildman–Crippen MR) is 83.5 cm³/mol. The van der Waals surface area contributed by atoms with Gasteiger partial charge in [0.05, 0.1) is 17.2 Å². The zero-order valence-electron chi connectivity index (χ0n) is 12.5. The Labute approximate surface area is 134 Å². The Morgan fingerprint density at radius 1 is 1.36 bits per heavy atom. The summed E-state index contributed by atoms with van der Waals surface area (Å²) in [7, 11) is 0. The van der Waals surface area contributed by atoms with Crippen LogP contribution < -0.4 is 4.90 Å². The van der Waals surface area contributed by atoms with Crippen molar-refractivity contribution >= 4 is 23.2 Å². The molecule has 0 bridgehead atoms. The Morgan fingerprint density at radius 2 is 2.14 bits per heavy atom. The van der Waals surface area contributed by atoms with Crippen LogP contribution in [0.2, 0.25) is 5.02 Å². The van der Waals surface area contributed by atoms with E-state index in [1.807, 2.05) is 0 Å². The number of carbonyl (C=O) groups is 1. The van der Waals surface area contributed by atoms with Gasteiger partial charge in [0, 0.05) is 18.8 Å². The summed E-state index contributed by atoms with van der Waals surface area (Å²) in [6, 6.07) is 4.23. The van der Waals surface area contributed by atoms with Gasteiger partial charge in [0.2, 0.25) is 5.91 Å². The number of aliphatic hydroxyl groups is 1. The molecule has 2 heterocycles. The zero-order valence-corrected chi connectivity index (χ0v) is 13.3. The summed E-state index contributed by atoms with van der Waals surface area (Å²) in [6.45, 7) is 4.01. The minimum absolute atomic E-state index is 0.0316. The molecular weight excluding hydrogens is 307 g/mol. The Kier molecular flexibility index (Phi) is 4.39. The highest BCUT2D eigenvalue weighted by Crippen LogP contribution is 2.30. The van der Waals surface area contributed by atoms with Gasteiger partial charge in [-0.15, -0.1) is 0 Å². The molecule has 0 aromatic heterocycles. The summed E-state index contributed by atoms with van der Waals surface area (Å²) in [5.74, 6) is -0.205. The predicted octanol–water partition coefficient (Wildman–Crippen LogP) is 2.29. The van der Waals surface area contributed by atoms with Crippen molar-refractivity contribution in [1.29, 1.82) is 0 Å². The van der Waals surface area contributed by atoms with Crippen LogP contribution in [0.5, 0.6) is 0 Å². The van der Waals surface area contributed by atoms with Crippen LogP contribution in [-0.4, -0.2) is 47.7 Å². The molecule has 0 spiro atoms. The average molecular weight is 327 g/mol. The molecule has 0 saturated carbocycles. The summed E-state index contributed by atoms with van der Waals surface area (Å²) in [6.07, 6.45) is 1.33. The van der Waals surface area contributed by atoms with E-state index < -0.39 is 5.82 Å². The molecule has 1 amide bonds. The number of aliphatic hydroxyl groups excluding tert-OH is 1. The Morgan fingerprint density at radius 3 is 2.77 bits per heavy atom. The Balaban J connectivity index is 1.71. The molecule has 1 N–H and O–H groups in total. The van der Waals surface area contributed by atoms with E-state index >= 15 is 0 Å². The fourth-order valence-electron chi connectivity index (χ4n) is 3.41. The van der Waals surface area contributed by atoms with Crippen molar-refractivity contribution in [2.24, 2.45) is 5.92 Å². The molecule has 0 radical (unpaired) electrons. The fourth-order valence-corrected chi connectivity index (χ4v) is 3.58. The topological polar surface area (TPSA) is 43.8 Å². The molecule has 120 valence electrons. The van der Waals surface area contributed by atoms with Gasteiger partial charge in [-0.1, -0.05) is 11.6 Å². The van der Waals surface area contributed by atoms with Gasteiger partial charge in [-0.25, -0.2) is 4.39 Å². The number of benzene rings is 1. The summed E-state index contributed by atoms with van der Waals surface area (Å²) in [5.41, 5.74) is 0.644. The summed E-state index contributed by atoms with van der Waals surface area (Å²) >= 11 is 5.81. The lowest BCUT2D eigenvalue weighted by atomic mass is 10.0. The van der Waals surface area contributed by atoms with Crippen LogP contribution >= 0.6 is 11.6 Å². The molecule has 2 fully saturated rings. The second-order valence-corrected chi connectivity index (χ2v) is 6.58. The average Bonchev–Trinajstić information content (AvgIpc) is 3.08. The third-order valence-corrected chi connectivity index (χ3v) is 5.06. The number of halogens is 2. The van der Waals surface area contributed by atoms with Gasteiger partial charge >= 0.3 is 0 Å². The maximum atomic E-state index is 13.3. The van der Waals surface area contributed by atoms with Gasteiger partial charge in [-0.2, -0.15) is 0 Å². The molecule has 3 rings (SSSR count). The van der Waals surface area contributed by atoms with Crippen molar-refractivity contribution in [3.8, 4) is 0 Å². The largest absolute Gasteiger partial charge is 0.393 e. The van der Waals surface area contributed by atoms with E-state index in [1.54, 1.807) is 17.9 Å². The number of nitrogens with zero attached hydrogens (tertiary/aromatic N) is 2. The highest BCUT2D eigenvalue weighted by molar-refractivity contribution is 6.31. The van der Waals surface area contributed by atoms with E-state index in [4.69, 9.17) is 11.6 Å². The van der Waals surface area contributed by atoms with E-state index in [0.29, 0.717) is 12.2 Å². The smallest absolute Gasteiger partial charge is 0.244 e. The lowest BCUT2D eigenvalue weighted by molar-refractivity contribution is -0.121. The van der Waals surface area contributed by atoms with Gasteiger partial charge in [0.1, 0.15) is 5.82 Å². The number of carbonyl (C=O) groups excluding carboxylic acids is 1. The monoisotopic (exact) mass is 326 g/mol. The summed E-state index contributed by atoms with van der Waals surface area (Å²) < 4.78 is 13.3. The first-order chi connectivity index (χ1) is 10.5. The maximum Gasteiger partial charge on any atom is 0.244 e. The van der Waals surface area contributed by atoms with Crippen LogP contribution in [0.25, 0.3) is 0 Å². The summed E-state index contributed by atoms with van der Waals surface area (Å²) in [5, 5.41) is 9.72. The molecule has 4 nitrogen and oxygen atoms in total. The molecule has 22 heavy (non-hydrogen) atoms. The molecule has 2 aliphatic heterocycles. The van der Waals surface area contributed by atoms with Crippen molar-refractivity contribution in [1.82, 2.24) is 4.90 Å². The highest BCUT2D eigenvalue weighted by Gasteiger charge is 2.40. The molecule has 1 aromatic carbocycles. The van der Waals surface area contributed by atoms with E-state index in [0.717, 1.165) is 25.9 Å². The molecule has 6 heteroatoms. The lowest BCUT2D eigenvalue weighted by Gasteiger charge is -2.24. The van der Waals surface area contributed by atoms with Crippen molar-refractivity contribution in [2.45, 2.75) is 31.9 Å². The minimum Gasteiger partial charge on any atom is -0.393 e. The molecule has 3 unspecified atom stereocenters. The number of likely N-dealkylation sites (tertiary alicyclic amines) is 1. The highest BCUT2D eigenvalue weighted by atomic mass is 35.5. The van der Waals surface area contributed by atoms with Crippen molar-refractivity contribution in [2.75, 3.05) is 24.5 Å². The summed E-state index contributed by atoms with van der Waals surface area (Å²) in [4.78, 5) is 16.5. The number of anilines is 1. The molecule has 1 aromatic rings. The first-order valence-electron chi connectivity index (χ1n) is 7.66. The number of hydrogen-bond acceptors (Lipinski definition) is 3. The van der Waals surface area contributed by atoms with Gasteiger partial charge < -0.3 is 10.0 Å². The second-order valence-electron chi connectivity index (χ2n) is 6.18. The van der Waals surface area contributed by atoms with Gasteiger partial charge in [0.15, 0.2) is 0 Å². The zero-order chi connectivity index (χ0) is 15.9. The van der Waals surface area contributed by atoms with Crippen LogP contribution in [0.1, 0.15) is 19.8 Å². The van der Waals surface area contributed by atoms with Crippen molar-refractivity contribution < 1.29 is 14.3 Å². The molecular formula is C16H20ClFN2O2. The maximum absolute atomic E-state index is 13.3. The Bertz CT molecular complexity index is 581. The number of hydrogen-bond donors (Lipinski definition) is 1. The van der Waals surface area contributed by atoms with E-state index in [2.05, 4.69) is 4.90 Å². The van der Waals surface area contributed by atoms with Crippen LogP contribution in [0.3, 0.4) is 0 Å². The van der Waals surface area contributed by atoms with Crippen molar-refractivity contribution in [3.05, 3.63) is 29.0 Å². The lowest BCUT2D eigenvalue weighted by Crippen LogP contribution is -2.41. The third-order valence-electron chi connectivity index (χ3n) is 4.77. The number of rotatable bonds is 3. The van der Waals surface area contributed by atoms with Crippen LogP contribution in [0.4, 0.5) is 10.1 Å². The molecule has 0 aliphatic carbocycles. The first kappa shape index (κ1) is 15.7. The van der Waals surface area contributed by atoms with Gasteiger partial charge in [-0.05, 0) is 50.4 Å². The first-order valence-corrected chi connectivity index (χ1v) is 8.03. The molecule has 2 saturated heterocycles. The van der Waals surface area contributed by atoms with E-state index in [9.17, 15) is 14.3 Å². The van der Waals surface area contributed by atoms with Crippen LogP contribution in [-0.2, 0) is 4.79 Å². The molecule has 3 atom stereocenters. The Hall–Kier alpha value is -1.17. The van der Waals surface area contributed by atoms with Gasteiger partial charge in [-0.3, -0.25) is 9.69 Å². The SMILES string of the molecule is CC(O)C1CCN(C2CCN(c3ccc(F)c(Cl)c3)C2=O)C1. The van der Waals surface area contributed by atoms with E-state index in [-0.39, 0.29) is 29.0 Å². The third kappa shape index (κ3) is 2.85. The quantitative estimate of drug-likeness (QED) is 0.927. The van der Waals surface area contributed by atoms with Crippen LogP contribution in [0, 0.1) is 11.7 Å². The van der Waals surface area contributed by atoms with E-state index in [1.165, 1.54) is 12.1 Å². The van der Waals surface area contributed by atoms with Crippen LogP contribution in [0.15, 0.2) is 18.2 Å². The second kappa shape index (κ2) is 6.14. The minimum atomic E-state index is -0.479.